The van der Waals surface area contributed by atoms with Gasteiger partial charge in [0.15, 0.2) is 13.9 Å². The molecular formula is C41H45N3O6Si. The lowest BCUT2D eigenvalue weighted by molar-refractivity contribution is -0.150. The van der Waals surface area contributed by atoms with Crippen molar-refractivity contribution in [2.24, 2.45) is 5.92 Å². The summed E-state index contributed by atoms with van der Waals surface area (Å²) in [5.41, 5.74) is 4.36. The molecule has 264 valence electrons. The Balaban J connectivity index is 1.16. The summed E-state index contributed by atoms with van der Waals surface area (Å²) in [6, 6.07) is 33.0. The highest BCUT2D eigenvalue weighted by Crippen LogP contribution is 2.59. The van der Waals surface area contributed by atoms with Crippen LogP contribution in [0.1, 0.15) is 42.0 Å². The molecule has 0 bridgehead atoms. The first-order valence-corrected chi connectivity index (χ1v) is 20.8. The summed E-state index contributed by atoms with van der Waals surface area (Å²) in [4.78, 5) is 58.6. The van der Waals surface area contributed by atoms with Crippen LogP contribution in [0.4, 0.5) is 17.1 Å². The number of ether oxygens (including phenoxy) is 1. The van der Waals surface area contributed by atoms with Gasteiger partial charge in [-0.1, -0.05) is 85.8 Å². The smallest absolute Gasteiger partial charge is 0.264 e. The molecule has 4 aromatic carbocycles. The van der Waals surface area contributed by atoms with E-state index in [1.807, 2.05) is 117 Å². The molecule has 0 aromatic heterocycles. The van der Waals surface area contributed by atoms with Gasteiger partial charge in [-0.05, 0) is 60.5 Å². The minimum atomic E-state index is -2.99. The standard InChI is InChI=1S/C41H45N3O6Si/c1-28-39(51(2,3)49)36(25-38(47)42(23-24-45)26-29-11-5-4-6-12-29)50-41(28)33-14-8-10-16-35(33)43(40(41)48)27-30-17-20-32(21-18-30)44-34-15-9-7-13-31(34)19-22-37(44)46/h4-18,20-21,28,36,39,45,49H,19,22-27H2,1-3H3/t28-,36+,39-,41+/m0/s1. The lowest BCUT2D eigenvalue weighted by atomic mass is 9.82. The zero-order valence-corrected chi connectivity index (χ0v) is 30.4. The van der Waals surface area contributed by atoms with E-state index in [2.05, 4.69) is 6.07 Å². The highest BCUT2D eigenvalue weighted by molar-refractivity contribution is 6.71. The number of aliphatic hydroxyl groups excluding tert-OH is 1. The van der Waals surface area contributed by atoms with Crippen molar-refractivity contribution in [2.45, 2.75) is 69.6 Å². The Morgan fingerprint density at radius 2 is 1.55 bits per heavy atom. The normalized spacial score (nSPS) is 22.7. The van der Waals surface area contributed by atoms with E-state index in [1.165, 1.54) is 0 Å². The van der Waals surface area contributed by atoms with Gasteiger partial charge in [-0.15, -0.1) is 0 Å². The van der Waals surface area contributed by atoms with E-state index >= 15 is 0 Å². The third-order valence-corrected chi connectivity index (χ3v) is 13.3. The molecule has 2 N–H and O–H groups in total. The van der Waals surface area contributed by atoms with Crippen LogP contribution in [0.25, 0.3) is 0 Å². The van der Waals surface area contributed by atoms with Gasteiger partial charge in [0.25, 0.3) is 5.91 Å². The lowest BCUT2D eigenvalue weighted by Gasteiger charge is -2.32. The fraction of sp³-hybridized carbons (Fsp3) is 0.341. The van der Waals surface area contributed by atoms with Gasteiger partial charge in [-0.3, -0.25) is 19.3 Å². The average Bonchev–Trinajstić information content (AvgIpc) is 3.55. The number of amides is 3. The Bertz CT molecular complexity index is 1930. The highest BCUT2D eigenvalue weighted by Gasteiger charge is 2.66. The molecule has 3 heterocycles. The number of hydrogen-bond donors (Lipinski definition) is 2. The SMILES string of the molecule is C[C@H]1[C@H]([Si](C)(C)O)[C@@H](CC(=O)N(CCO)Cc2ccccc2)O[C@]12C(=O)N(Cc1ccc(N3C(=O)CCc4ccccc43)cc1)c1ccccc12. The van der Waals surface area contributed by atoms with Crippen molar-refractivity contribution >= 4 is 43.1 Å². The Kier molecular flexibility index (Phi) is 9.45. The highest BCUT2D eigenvalue weighted by atomic mass is 28.4. The predicted octanol–water partition coefficient (Wildman–Crippen LogP) is 6.05. The summed E-state index contributed by atoms with van der Waals surface area (Å²) in [5, 5.41) is 9.82. The first kappa shape index (κ1) is 34.8. The van der Waals surface area contributed by atoms with Crippen molar-refractivity contribution in [1.82, 2.24) is 4.90 Å². The van der Waals surface area contributed by atoms with Gasteiger partial charge in [0.05, 0.1) is 37.1 Å². The molecular weight excluding hydrogens is 659 g/mol. The van der Waals surface area contributed by atoms with Gasteiger partial charge >= 0.3 is 0 Å². The first-order valence-electron chi connectivity index (χ1n) is 17.8. The molecule has 4 atom stereocenters. The molecule has 3 amide bonds. The van der Waals surface area contributed by atoms with E-state index in [-0.39, 0.29) is 43.8 Å². The summed E-state index contributed by atoms with van der Waals surface area (Å²) in [6.45, 7) is 6.27. The number of carbonyl (C=O) groups excluding carboxylic acids is 3. The number of para-hydroxylation sites is 2. The number of fused-ring (bicyclic) bond motifs is 3. The number of anilines is 3. The molecule has 0 radical (unpaired) electrons. The second-order valence-corrected chi connectivity index (χ2v) is 18.5. The van der Waals surface area contributed by atoms with E-state index in [9.17, 15) is 24.3 Å². The average molecular weight is 704 g/mol. The molecule has 1 spiro atoms. The van der Waals surface area contributed by atoms with Crippen LogP contribution in [0, 0.1) is 5.92 Å². The number of hydrogen-bond acceptors (Lipinski definition) is 6. The Morgan fingerprint density at radius 3 is 2.25 bits per heavy atom. The summed E-state index contributed by atoms with van der Waals surface area (Å²) < 4.78 is 6.89. The Labute approximate surface area is 300 Å². The summed E-state index contributed by atoms with van der Waals surface area (Å²) >= 11 is 0. The minimum Gasteiger partial charge on any atom is -0.432 e. The quantitative estimate of drug-likeness (QED) is 0.195. The number of benzene rings is 4. The second-order valence-electron chi connectivity index (χ2n) is 14.5. The van der Waals surface area contributed by atoms with Crippen molar-refractivity contribution in [1.29, 1.82) is 0 Å². The molecule has 3 aliphatic rings. The summed E-state index contributed by atoms with van der Waals surface area (Å²) in [5.74, 6) is -0.767. The van der Waals surface area contributed by atoms with Gasteiger partial charge in [0.2, 0.25) is 11.8 Å². The first-order chi connectivity index (χ1) is 24.5. The van der Waals surface area contributed by atoms with Crippen LogP contribution in [0.2, 0.25) is 18.6 Å². The Hall–Kier alpha value is -4.61. The molecule has 1 fully saturated rings. The van der Waals surface area contributed by atoms with Crippen LogP contribution in [0.15, 0.2) is 103 Å². The lowest BCUT2D eigenvalue weighted by Crippen LogP contribution is -2.46. The second kappa shape index (κ2) is 13.8. The topological polar surface area (TPSA) is 111 Å². The number of aryl methyl sites for hydroxylation is 1. The van der Waals surface area contributed by atoms with Crippen molar-refractivity contribution in [3.8, 4) is 0 Å². The summed E-state index contributed by atoms with van der Waals surface area (Å²) in [6.07, 6.45) is 0.460. The van der Waals surface area contributed by atoms with Crippen LogP contribution >= 0.6 is 0 Å². The molecule has 51 heavy (non-hydrogen) atoms. The van der Waals surface area contributed by atoms with Gasteiger partial charge < -0.3 is 24.4 Å². The van der Waals surface area contributed by atoms with Gasteiger partial charge in [0, 0.05) is 42.2 Å². The maximum absolute atomic E-state index is 14.8. The molecule has 3 aliphatic heterocycles. The zero-order valence-electron chi connectivity index (χ0n) is 29.4. The zero-order chi connectivity index (χ0) is 35.9. The van der Waals surface area contributed by atoms with Gasteiger partial charge in [-0.2, -0.15) is 0 Å². The largest absolute Gasteiger partial charge is 0.432 e. The molecule has 0 saturated carbocycles. The van der Waals surface area contributed by atoms with Crippen LogP contribution in [0.5, 0.6) is 0 Å². The number of aliphatic hydroxyl groups is 1. The van der Waals surface area contributed by atoms with E-state index < -0.39 is 31.5 Å². The third kappa shape index (κ3) is 6.31. The molecule has 0 aliphatic carbocycles. The molecule has 0 unspecified atom stereocenters. The van der Waals surface area contributed by atoms with Crippen molar-refractivity contribution in [3.05, 3.63) is 125 Å². The van der Waals surface area contributed by atoms with Crippen LogP contribution < -0.4 is 9.80 Å². The number of rotatable bonds is 10. The van der Waals surface area contributed by atoms with Crippen LogP contribution in [0.3, 0.4) is 0 Å². The summed E-state index contributed by atoms with van der Waals surface area (Å²) in [7, 11) is -2.99. The molecule has 1 saturated heterocycles. The van der Waals surface area contributed by atoms with Crippen molar-refractivity contribution in [2.75, 3.05) is 23.0 Å². The van der Waals surface area contributed by atoms with Crippen LogP contribution in [-0.4, -0.2) is 60.1 Å². The molecule has 4 aromatic rings. The third-order valence-electron chi connectivity index (χ3n) is 10.8. The number of carbonyl (C=O) groups is 3. The maximum Gasteiger partial charge on any atom is 0.264 e. The fourth-order valence-electron chi connectivity index (χ4n) is 8.55. The van der Waals surface area contributed by atoms with Gasteiger partial charge in [-0.25, -0.2) is 0 Å². The number of nitrogens with zero attached hydrogens (tertiary/aromatic N) is 3. The van der Waals surface area contributed by atoms with Crippen molar-refractivity contribution in [3.63, 3.8) is 0 Å². The van der Waals surface area contributed by atoms with E-state index in [1.54, 1.807) is 14.7 Å². The van der Waals surface area contributed by atoms with E-state index in [0.29, 0.717) is 13.0 Å². The predicted molar refractivity (Wildman–Crippen MR) is 199 cm³/mol. The molecule has 10 heteroatoms. The van der Waals surface area contributed by atoms with E-state index in [4.69, 9.17) is 4.74 Å². The van der Waals surface area contributed by atoms with E-state index in [0.717, 1.165) is 45.7 Å². The maximum atomic E-state index is 14.8. The molecule has 9 nitrogen and oxygen atoms in total. The Morgan fingerprint density at radius 1 is 0.882 bits per heavy atom. The van der Waals surface area contributed by atoms with Gasteiger partial charge in [0.1, 0.15) is 0 Å². The molecule has 7 rings (SSSR count). The van der Waals surface area contributed by atoms with Crippen LogP contribution in [-0.2, 0) is 44.2 Å². The van der Waals surface area contributed by atoms with Crippen molar-refractivity contribution < 1.29 is 29.0 Å². The monoisotopic (exact) mass is 703 g/mol. The fourth-order valence-corrected chi connectivity index (χ4v) is 11.1. The minimum absolute atomic E-state index is 0.0180.